The summed E-state index contributed by atoms with van der Waals surface area (Å²) in [6.45, 7) is 0. The van der Waals surface area contributed by atoms with E-state index in [4.69, 9.17) is 5.73 Å². The van der Waals surface area contributed by atoms with E-state index in [0.717, 1.165) is 5.92 Å². The maximum absolute atomic E-state index is 6.30. The van der Waals surface area contributed by atoms with Crippen molar-refractivity contribution in [2.24, 2.45) is 11.7 Å². The molecule has 0 bridgehead atoms. The highest BCUT2D eigenvalue weighted by Crippen LogP contribution is 2.39. The summed E-state index contributed by atoms with van der Waals surface area (Å²) in [4.78, 5) is 3.09. The summed E-state index contributed by atoms with van der Waals surface area (Å²) < 4.78 is 0. The first-order valence-corrected chi connectivity index (χ1v) is 7.51. The summed E-state index contributed by atoms with van der Waals surface area (Å²) in [7, 11) is 0. The highest BCUT2D eigenvalue weighted by molar-refractivity contribution is 7.12. The van der Waals surface area contributed by atoms with Gasteiger partial charge in [-0.1, -0.05) is 19.3 Å². The predicted molar refractivity (Wildman–Crippen MR) is 69.8 cm³/mol. The van der Waals surface area contributed by atoms with Gasteiger partial charge in [-0.2, -0.15) is 0 Å². The lowest BCUT2D eigenvalue weighted by atomic mass is 10.1. The standard InChI is InChI=1S/C14H21NS/c15-12(8-10-6-7-10)14-9-11-4-2-1-3-5-13(11)16-14/h9-10,12H,1-8,15H2. The zero-order chi connectivity index (χ0) is 11.0. The molecule has 1 nitrogen and oxygen atoms in total. The van der Waals surface area contributed by atoms with Gasteiger partial charge in [0.05, 0.1) is 0 Å². The molecule has 1 fully saturated rings. The average Bonchev–Trinajstić information content (AvgIpc) is 3.03. The average molecular weight is 235 g/mol. The van der Waals surface area contributed by atoms with Crippen LogP contribution in [0, 0.1) is 5.92 Å². The van der Waals surface area contributed by atoms with E-state index in [1.54, 1.807) is 10.4 Å². The highest BCUT2D eigenvalue weighted by Gasteiger charge is 2.25. The van der Waals surface area contributed by atoms with Crippen LogP contribution in [0.3, 0.4) is 0 Å². The molecule has 88 valence electrons. The molecule has 1 unspecified atom stereocenters. The van der Waals surface area contributed by atoms with Crippen molar-refractivity contribution in [2.45, 2.75) is 57.4 Å². The Morgan fingerprint density at radius 3 is 2.88 bits per heavy atom. The van der Waals surface area contributed by atoms with Crippen molar-refractivity contribution in [1.29, 1.82) is 0 Å². The van der Waals surface area contributed by atoms with Crippen LogP contribution in [0.5, 0.6) is 0 Å². The molecule has 1 atom stereocenters. The summed E-state index contributed by atoms with van der Waals surface area (Å²) >= 11 is 2.00. The van der Waals surface area contributed by atoms with Crippen molar-refractivity contribution >= 4 is 11.3 Å². The van der Waals surface area contributed by atoms with Gasteiger partial charge in [0.1, 0.15) is 0 Å². The van der Waals surface area contributed by atoms with Crippen molar-refractivity contribution < 1.29 is 0 Å². The lowest BCUT2D eigenvalue weighted by molar-refractivity contribution is 0.604. The van der Waals surface area contributed by atoms with Crippen LogP contribution in [-0.4, -0.2) is 0 Å². The highest BCUT2D eigenvalue weighted by atomic mass is 32.1. The van der Waals surface area contributed by atoms with Crippen molar-refractivity contribution in [1.82, 2.24) is 0 Å². The van der Waals surface area contributed by atoms with E-state index in [1.165, 1.54) is 56.2 Å². The molecule has 2 heteroatoms. The fraction of sp³-hybridized carbons (Fsp3) is 0.714. The van der Waals surface area contributed by atoms with Crippen LogP contribution in [0.2, 0.25) is 0 Å². The summed E-state index contributed by atoms with van der Waals surface area (Å²) in [6.07, 6.45) is 10.8. The second kappa shape index (κ2) is 4.50. The van der Waals surface area contributed by atoms with E-state index in [1.807, 2.05) is 11.3 Å². The van der Waals surface area contributed by atoms with Crippen LogP contribution in [0.1, 0.15) is 59.9 Å². The van der Waals surface area contributed by atoms with Crippen molar-refractivity contribution in [3.8, 4) is 0 Å². The van der Waals surface area contributed by atoms with Gasteiger partial charge in [0.15, 0.2) is 0 Å². The first-order chi connectivity index (χ1) is 7.83. The number of thiophene rings is 1. The number of hydrogen-bond acceptors (Lipinski definition) is 2. The molecule has 1 saturated carbocycles. The van der Waals surface area contributed by atoms with Gasteiger partial charge in [-0.05, 0) is 49.7 Å². The fourth-order valence-corrected chi connectivity index (χ4v) is 3.97. The molecular weight excluding hydrogens is 214 g/mol. The Bertz CT molecular complexity index is 341. The smallest absolute Gasteiger partial charge is 0.0392 e. The number of hydrogen-bond donors (Lipinski definition) is 1. The van der Waals surface area contributed by atoms with Crippen LogP contribution in [0.4, 0.5) is 0 Å². The van der Waals surface area contributed by atoms with Crippen LogP contribution < -0.4 is 5.73 Å². The van der Waals surface area contributed by atoms with Crippen LogP contribution in [-0.2, 0) is 12.8 Å². The third kappa shape index (κ3) is 2.33. The largest absolute Gasteiger partial charge is 0.323 e. The number of aryl methyl sites for hydroxylation is 2. The van der Waals surface area contributed by atoms with E-state index in [-0.39, 0.29) is 0 Å². The molecule has 0 spiro atoms. The van der Waals surface area contributed by atoms with Gasteiger partial charge in [0.2, 0.25) is 0 Å². The molecule has 3 rings (SSSR count). The first kappa shape index (κ1) is 10.8. The Labute approximate surface area is 102 Å². The van der Waals surface area contributed by atoms with E-state index >= 15 is 0 Å². The molecule has 16 heavy (non-hydrogen) atoms. The van der Waals surface area contributed by atoms with E-state index in [0.29, 0.717) is 6.04 Å². The predicted octanol–water partition coefficient (Wildman–Crippen LogP) is 3.82. The van der Waals surface area contributed by atoms with Gasteiger partial charge in [-0.3, -0.25) is 0 Å². The molecule has 0 aliphatic heterocycles. The SMILES string of the molecule is NC(CC1CC1)c1cc2c(s1)CCCCC2. The lowest BCUT2D eigenvalue weighted by Gasteiger charge is -2.07. The van der Waals surface area contributed by atoms with E-state index < -0.39 is 0 Å². The minimum atomic E-state index is 0.324. The maximum atomic E-state index is 6.30. The quantitative estimate of drug-likeness (QED) is 0.792. The lowest BCUT2D eigenvalue weighted by Crippen LogP contribution is -2.09. The minimum Gasteiger partial charge on any atom is -0.323 e. The molecule has 0 aromatic carbocycles. The van der Waals surface area contributed by atoms with Crippen molar-refractivity contribution in [2.75, 3.05) is 0 Å². The Balaban J connectivity index is 1.74. The summed E-state index contributed by atoms with van der Waals surface area (Å²) in [5, 5.41) is 0. The zero-order valence-electron chi connectivity index (χ0n) is 9.87. The summed E-state index contributed by atoms with van der Waals surface area (Å²) in [5.74, 6) is 0.942. The van der Waals surface area contributed by atoms with Gasteiger partial charge >= 0.3 is 0 Å². The minimum absolute atomic E-state index is 0.324. The Morgan fingerprint density at radius 1 is 1.25 bits per heavy atom. The van der Waals surface area contributed by atoms with Gasteiger partial charge in [-0.15, -0.1) is 11.3 Å². The monoisotopic (exact) mass is 235 g/mol. The third-order valence-corrected chi connectivity index (χ3v) is 5.28. The second-order valence-corrected chi connectivity index (χ2v) is 6.61. The molecule has 1 aromatic rings. The summed E-state index contributed by atoms with van der Waals surface area (Å²) in [6, 6.07) is 2.74. The Morgan fingerprint density at radius 2 is 2.06 bits per heavy atom. The van der Waals surface area contributed by atoms with Crippen LogP contribution in [0.15, 0.2) is 6.07 Å². The Hall–Kier alpha value is -0.340. The molecule has 2 aliphatic rings. The number of nitrogens with two attached hydrogens (primary N) is 1. The van der Waals surface area contributed by atoms with Crippen LogP contribution in [0.25, 0.3) is 0 Å². The molecule has 2 N–H and O–H groups in total. The van der Waals surface area contributed by atoms with Crippen molar-refractivity contribution in [3.05, 3.63) is 21.4 Å². The number of fused-ring (bicyclic) bond motifs is 1. The Kier molecular flexibility index (Phi) is 3.03. The van der Waals surface area contributed by atoms with Crippen LogP contribution >= 0.6 is 11.3 Å². The van der Waals surface area contributed by atoms with Gasteiger partial charge in [-0.25, -0.2) is 0 Å². The van der Waals surface area contributed by atoms with Gasteiger partial charge in [0, 0.05) is 15.8 Å². The van der Waals surface area contributed by atoms with Gasteiger partial charge < -0.3 is 5.73 Å². The normalized spacial score (nSPS) is 22.6. The maximum Gasteiger partial charge on any atom is 0.0392 e. The molecular formula is C14H21NS. The second-order valence-electron chi connectivity index (χ2n) is 5.44. The third-order valence-electron chi connectivity index (χ3n) is 3.92. The molecule has 1 aromatic heterocycles. The molecule has 0 saturated heterocycles. The topological polar surface area (TPSA) is 26.0 Å². The molecule has 1 heterocycles. The van der Waals surface area contributed by atoms with E-state index in [2.05, 4.69) is 6.07 Å². The zero-order valence-corrected chi connectivity index (χ0v) is 10.7. The molecule has 0 radical (unpaired) electrons. The van der Waals surface area contributed by atoms with E-state index in [9.17, 15) is 0 Å². The molecule has 0 amide bonds. The molecule has 2 aliphatic carbocycles. The first-order valence-electron chi connectivity index (χ1n) is 6.70. The van der Waals surface area contributed by atoms with Crippen molar-refractivity contribution in [3.63, 3.8) is 0 Å². The van der Waals surface area contributed by atoms with Gasteiger partial charge in [0.25, 0.3) is 0 Å². The number of rotatable bonds is 3. The fourth-order valence-electron chi connectivity index (χ4n) is 2.70. The summed E-state index contributed by atoms with van der Waals surface area (Å²) in [5.41, 5.74) is 7.91.